The Hall–Kier alpha value is -4.91. The van der Waals surface area contributed by atoms with Crippen molar-refractivity contribution in [1.82, 2.24) is 19.3 Å². The molecule has 0 saturated carbocycles. The summed E-state index contributed by atoms with van der Waals surface area (Å²) in [6.45, 7) is 6.18. The first kappa shape index (κ1) is 24.4. The Morgan fingerprint density at radius 2 is 1.41 bits per heavy atom. The van der Waals surface area contributed by atoms with Gasteiger partial charge in [-0.05, 0) is 64.6 Å². The van der Waals surface area contributed by atoms with E-state index in [1.807, 2.05) is 72.8 Å². The lowest BCUT2D eigenvalue weighted by Gasteiger charge is -2.23. The molecule has 2 aromatic heterocycles. The number of hydrogen-bond acceptors (Lipinski definition) is 2. The van der Waals surface area contributed by atoms with Crippen LogP contribution in [-0.4, -0.2) is 19.3 Å². The van der Waals surface area contributed by atoms with Crippen LogP contribution in [0.4, 0.5) is 4.39 Å². The Labute approximate surface area is 224 Å². The summed E-state index contributed by atoms with van der Waals surface area (Å²) in [5.74, 6) is -0.359. The van der Waals surface area contributed by atoms with Crippen LogP contribution in [0.1, 0.15) is 26.3 Å². The van der Waals surface area contributed by atoms with Gasteiger partial charge in [0.2, 0.25) is 0 Å². The molecular formula is C32H27FN4O2. The fourth-order valence-corrected chi connectivity index (χ4v) is 5.07. The third kappa shape index (κ3) is 4.22. The summed E-state index contributed by atoms with van der Waals surface area (Å²) in [5, 5.41) is 3.52. The molecule has 0 aliphatic heterocycles. The predicted molar refractivity (Wildman–Crippen MR) is 153 cm³/mol. The summed E-state index contributed by atoms with van der Waals surface area (Å²) in [6.07, 6.45) is 0. The molecule has 6 aromatic rings. The largest absolute Gasteiger partial charge is 0.356 e. The first-order valence-corrected chi connectivity index (χ1v) is 12.7. The SMILES string of the molecule is CC(C)(C)c1cc(-c2ccccc2)ccc1-n1c(=O)[nH]n(-c2c(-c3ccc(F)cc3)[nH]c3ccccc23)c1=O. The topological polar surface area (TPSA) is 75.6 Å². The molecule has 7 heteroatoms. The number of rotatable bonds is 4. The van der Waals surface area contributed by atoms with E-state index in [2.05, 4.69) is 30.9 Å². The number of aromatic nitrogens is 4. The monoisotopic (exact) mass is 518 g/mol. The number of fused-ring (bicyclic) bond motifs is 1. The van der Waals surface area contributed by atoms with Gasteiger partial charge in [0.15, 0.2) is 0 Å². The molecule has 194 valence electrons. The minimum absolute atomic E-state index is 0.353. The highest BCUT2D eigenvalue weighted by molar-refractivity contribution is 5.96. The van der Waals surface area contributed by atoms with Crippen molar-refractivity contribution in [2.75, 3.05) is 0 Å². The predicted octanol–water partition coefficient (Wildman–Crippen LogP) is 6.57. The molecule has 0 atom stereocenters. The van der Waals surface area contributed by atoms with Crippen molar-refractivity contribution < 1.29 is 4.39 Å². The first-order chi connectivity index (χ1) is 18.7. The molecule has 6 rings (SSSR count). The van der Waals surface area contributed by atoms with Gasteiger partial charge in [-0.3, -0.25) is 0 Å². The van der Waals surface area contributed by atoms with Crippen molar-refractivity contribution >= 4 is 10.9 Å². The summed E-state index contributed by atoms with van der Waals surface area (Å²) in [5.41, 5.74) is 4.59. The fourth-order valence-electron chi connectivity index (χ4n) is 5.07. The number of benzene rings is 4. The molecule has 2 N–H and O–H groups in total. The highest BCUT2D eigenvalue weighted by atomic mass is 19.1. The van der Waals surface area contributed by atoms with Crippen LogP contribution in [0.5, 0.6) is 0 Å². The van der Waals surface area contributed by atoms with Crippen molar-refractivity contribution in [3.05, 3.63) is 129 Å². The minimum Gasteiger partial charge on any atom is -0.353 e. The second-order valence-electron chi connectivity index (χ2n) is 10.6. The lowest BCUT2D eigenvalue weighted by Crippen LogP contribution is -2.29. The van der Waals surface area contributed by atoms with E-state index in [1.54, 1.807) is 12.1 Å². The van der Waals surface area contributed by atoms with Gasteiger partial charge in [0.1, 0.15) is 11.5 Å². The third-order valence-corrected chi connectivity index (χ3v) is 6.98. The highest BCUT2D eigenvalue weighted by Gasteiger charge is 2.25. The van der Waals surface area contributed by atoms with E-state index < -0.39 is 11.4 Å². The second kappa shape index (κ2) is 9.13. The van der Waals surface area contributed by atoms with Gasteiger partial charge in [-0.25, -0.2) is 23.6 Å². The summed E-state index contributed by atoms with van der Waals surface area (Å²) in [6, 6.07) is 29.4. The van der Waals surface area contributed by atoms with Crippen molar-refractivity contribution in [3.8, 4) is 33.8 Å². The lowest BCUT2D eigenvalue weighted by molar-refractivity contribution is 0.585. The van der Waals surface area contributed by atoms with Gasteiger partial charge in [-0.1, -0.05) is 75.4 Å². The van der Waals surface area contributed by atoms with Gasteiger partial charge in [-0.15, -0.1) is 0 Å². The number of nitrogens with one attached hydrogen (secondary N) is 2. The zero-order valence-electron chi connectivity index (χ0n) is 21.8. The molecule has 0 fully saturated rings. The van der Waals surface area contributed by atoms with Crippen molar-refractivity contribution in [3.63, 3.8) is 0 Å². The zero-order valence-corrected chi connectivity index (χ0v) is 21.8. The van der Waals surface area contributed by atoms with E-state index in [0.29, 0.717) is 22.6 Å². The van der Waals surface area contributed by atoms with Crippen molar-refractivity contribution in [2.24, 2.45) is 0 Å². The molecule has 4 aromatic carbocycles. The van der Waals surface area contributed by atoms with Crippen LogP contribution in [-0.2, 0) is 5.41 Å². The molecule has 0 saturated heterocycles. The maximum Gasteiger partial charge on any atom is 0.356 e. The van der Waals surface area contributed by atoms with Crippen LogP contribution in [0.25, 0.3) is 44.7 Å². The number of nitrogens with zero attached hydrogens (tertiary/aromatic N) is 2. The smallest absolute Gasteiger partial charge is 0.353 e. The quantitative estimate of drug-likeness (QED) is 0.277. The van der Waals surface area contributed by atoms with Gasteiger partial charge < -0.3 is 4.98 Å². The Morgan fingerprint density at radius 1 is 0.744 bits per heavy atom. The molecule has 0 aliphatic rings. The summed E-state index contributed by atoms with van der Waals surface area (Å²) in [4.78, 5) is 30.8. The van der Waals surface area contributed by atoms with Crippen LogP contribution in [0, 0.1) is 5.82 Å². The molecule has 0 spiro atoms. The Kier molecular flexibility index (Phi) is 5.72. The van der Waals surface area contributed by atoms with Gasteiger partial charge in [-0.2, -0.15) is 4.68 Å². The maximum absolute atomic E-state index is 14.0. The summed E-state index contributed by atoms with van der Waals surface area (Å²) in [7, 11) is 0. The summed E-state index contributed by atoms with van der Waals surface area (Å²) >= 11 is 0. The van der Waals surface area contributed by atoms with Crippen molar-refractivity contribution in [1.29, 1.82) is 0 Å². The molecular weight excluding hydrogens is 491 g/mol. The lowest BCUT2D eigenvalue weighted by atomic mass is 9.84. The molecule has 6 nitrogen and oxygen atoms in total. The maximum atomic E-state index is 14.0. The van der Waals surface area contributed by atoms with Crippen LogP contribution >= 0.6 is 0 Å². The van der Waals surface area contributed by atoms with Crippen LogP contribution in [0.3, 0.4) is 0 Å². The van der Waals surface area contributed by atoms with Crippen LogP contribution < -0.4 is 11.4 Å². The molecule has 0 amide bonds. The van der Waals surface area contributed by atoms with Gasteiger partial charge in [0, 0.05) is 16.5 Å². The van der Waals surface area contributed by atoms with E-state index in [1.165, 1.54) is 21.4 Å². The molecule has 0 radical (unpaired) electrons. The molecule has 0 bridgehead atoms. The van der Waals surface area contributed by atoms with Gasteiger partial charge in [0.25, 0.3) is 0 Å². The number of halogens is 1. The van der Waals surface area contributed by atoms with E-state index in [-0.39, 0.29) is 11.2 Å². The van der Waals surface area contributed by atoms with E-state index in [0.717, 1.165) is 27.6 Å². The Bertz CT molecular complexity index is 1940. The van der Waals surface area contributed by atoms with Crippen molar-refractivity contribution in [2.45, 2.75) is 26.2 Å². The van der Waals surface area contributed by atoms with E-state index in [4.69, 9.17) is 0 Å². The average Bonchev–Trinajstić information content (AvgIpc) is 3.45. The standard InChI is InChI=1S/C32H27FN4O2/c1-32(2,3)25-19-22(20-9-5-4-6-10-20)15-18-27(25)36-30(38)35-37(31(36)39)29-24-11-7-8-12-26(24)34-28(29)21-13-16-23(33)17-14-21/h4-19,34H,1-3H3,(H,35,38). The van der Waals surface area contributed by atoms with Crippen LogP contribution in [0.15, 0.2) is 107 Å². The first-order valence-electron chi connectivity index (χ1n) is 12.7. The van der Waals surface area contributed by atoms with E-state index >= 15 is 0 Å². The molecule has 0 aliphatic carbocycles. The normalized spacial score (nSPS) is 11.8. The molecule has 39 heavy (non-hydrogen) atoms. The Morgan fingerprint density at radius 3 is 2.13 bits per heavy atom. The second-order valence-corrected chi connectivity index (χ2v) is 10.6. The molecule has 0 unspecified atom stereocenters. The summed E-state index contributed by atoms with van der Waals surface area (Å²) < 4.78 is 16.2. The number of hydrogen-bond donors (Lipinski definition) is 2. The Balaban J connectivity index is 1.59. The highest BCUT2D eigenvalue weighted by Crippen LogP contribution is 2.34. The van der Waals surface area contributed by atoms with E-state index in [9.17, 15) is 14.0 Å². The number of para-hydroxylation sites is 1. The van der Waals surface area contributed by atoms with Gasteiger partial charge >= 0.3 is 11.4 Å². The van der Waals surface area contributed by atoms with Gasteiger partial charge in [0.05, 0.1) is 11.4 Å². The molecule has 2 heterocycles. The number of aromatic amines is 2. The zero-order chi connectivity index (χ0) is 27.3. The number of H-pyrrole nitrogens is 2. The fraction of sp³-hybridized carbons (Fsp3) is 0.125. The van der Waals surface area contributed by atoms with Crippen LogP contribution in [0.2, 0.25) is 0 Å². The third-order valence-electron chi connectivity index (χ3n) is 6.98. The average molecular weight is 519 g/mol. The minimum atomic E-state index is -0.548.